The number of ether oxygens (including phenoxy) is 2. The minimum Gasteiger partial charge on any atom is -0.462 e. The lowest BCUT2D eigenvalue weighted by Crippen LogP contribution is -2.13. The zero-order valence-electron chi connectivity index (χ0n) is 14.6. The summed E-state index contributed by atoms with van der Waals surface area (Å²) in [5, 5.41) is 0. The fraction of sp³-hybridized carbons (Fsp3) is 0.737. The van der Waals surface area contributed by atoms with E-state index in [4.69, 9.17) is 9.47 Å². The quantitative estimate of drug-likeness (QED) is 0.180. The highest BCUT2D eigenvalue weighted by atomic mass is 16.5. The van der Waals surface area contributed by atoms with E-state index in [2.05, 4.69) is 20.1 Å². The van der Waals surface area contributed by atoms with E-state index in [-0.39, 0.29) is 12.6 Å². The predicted octanol–water partition coefficient (Wildman–Crippen LogP) is 5.21. The first-order valence-corrected chi connectivity index (χ1v) is 8.65. The number of hydrogen-bond donors (Lipinski definition) is 0. The van der Waals surface area contributed by atoms with E-state index in [1.165, 1.54) is 44.9 Å². The maximum atomic E-state index is 11.6. The summed E-state index contributed by atoms with van der Waals surface area (Å²) in [6.45, 7) is 12.7. The van der Waals surface area contributed by atoms with E-state index in [9.17, 15) is 4.79 Å². The Hall–Kier alpha value is -1.09. The summed E-state index contributed by atoms with van der Waals surface area (Å²) in [6, 6.07) is 0. The van der Waals surface area contributed by atoms with E-state index >= 15 is 0 Å². The largest absolute Gasteiger partial charge is 0.462 e. The standard InChI is InChI=1S/C19H34O3/c1-5-6-7-8-9-10-11-12-13-14-22-19(20)18(4)16-21-15-17(2)3/h2,4-16H2,1,3H3. The van der Waals surface area contributed by atoms with Crippen LogP contribution in [-0.2, 0) is 14.3 Å². The van der Waals surface area contributed by atoms with Crippen molar-refractivity contribution in [2.24, 2.45) is 0 Å². The summed E-state index contributed by atoms with van der Waals surface area (Å²) in [7, 11) is 0. The van der Waals surface area contributed by atoms with Crippen LogP contribution in [0.1, 0.15) is 71.6 Å². The molecule has 0 aromatic rings. The molecule has 0 aromatic heterocycles. The van der Waals surface area contributed by atoms with Gasteiger partial charge in [0.2, 0.25) is 0 Å². The molecule has 0 aliphatic carbocycles. The SMILES string of the molecule is C=C(C)COCC(=C)C(=O)OCCCCCCCCCCC. The molecule has 0 unspecified atom stereocenters. The Morgan fingerprint density at radius 2 is 1.41 bits per heavy atom. The van der Waals surface area contributed by atoms with Gasteiger partial charge in [-0.25, -0.2) is 4.79 Å². The molecule has 22 heavy (non-hydrogen) atoms. The van der Waals surface area contributed by atoms with Crippen molar-refractivity contribution in [3.05, 3.63) is 24.3 Å². The predicted molar refractivity (Wildman–Crippen MR) is 93.0 cm³/mol. The van der Waals surface area contributed by atoms with Gasteiger partial charge < -0.3 is 9.47 Å². The van der Waals surface area contributed by atoms with Gasteiger partial charge in [0, 0.05) is 0 Å². The van der Waals surface area contributed by atoms with Gasteiger partial charge in [0.05, 0.1) is 25.4 Å². The Kier molecular flexibility index (Phi) is 14.1. The normalized spacial score (nSPS) is 10.5. The summed E-state index contributed by atoms with van der Waals surface area (Å²) >= 11 is 0. The Bertz CT molecular complexity index is 321. The first-order valence-electron chi connectivity index (χ1n) is 8.65. The lowest BCUT2D eigenvalue weighted by molar-refractivity contribution is -0.139. The van der Waals surface area contributed by atoms with Gasteiger partial charge in [-0.2, -0.15) is 0 Å². The highest BCUT2D eigenvalue weighted by Gasteiger charge is 2.08. The lowest BCUT2D eigenvalue weighted by Gasteiger charge is -2.08. The molecule has 128 valence electrons. The van der Waals surface area contributed by atoms with Crippen molar-refractivity contribution < 1.29 is 14.3 Å². The summed E-state index contributed by atoms with van der Waals surface area (Å²) < 4.78 is 10.5. The van der Waals surface area contributed by atoms with Crippen LogP contribution in [-0.4, -0.2) is 25.8 Å². The molecule has 0 heterocycles. The number of carbonyl (C=O) groups excluding carboxylic acids is 1. The molecule has 0 radical (unpaired) electrons. The second kappa shape index (κ2) is 14.8. The van der Waals surface area contributed by atoms with Gasteiger partial charge in [-0.3, -0.25) is 0 Å². The smallest absolute Gasteiger partial charge is 0.335 e. The van der Waals surface area contributed by atoms with Crippen molar-refractivity contribution in [3.8, 4) is 0 Å². The monoisotopic (exact) mass is 310 g/mol. The van der Waals surface area contributed by atoms with Crippen molar-refractivity contribution in [3.63, 3.8) is 0 Å². The fourth-order valence-electron chi connectivity index (χ4n) is 2.09. The average Bonchev–Trinajstić information content (AvgIpc) is 2.48. The summed E-state index contributed by atoms with van der Waals surface area (Å²) in [4.78, 5) is 11.6. The van der Waals surface area contributed by atoms with Crippen LogP contribution < -0.4 is 0 Å². The topological polar surface area (TPSA) is 35.5 Å². The molecule has 0 N–H and O–H groups in total. The van der Waals surface area contributed by atoms with Gasteiger partial charge in [-0.05, 0) is 13.3 Å². The molecule has 3 nitrogen and oxygen atoms in total. The number of carbonyl (C=O) groups is 1. The Labute approximate surface area is 136 Å². The second-order valence-electron chi connectivity index (χ2n) is 6.02. The van der Waals surface area contributed by atoms with Crippen LogP contribution in [0.4, 0.5) is 0 Å². The van der Waals surface area contributed by atoms with Gasteiger partial charge >= 0.3 is 5.97 Å². The number of esters is 1. The third-order valence-corrected chi connectivity index (χ3v) is 3.39. The summed E-state index contributed by atoms with van der Waals surface area (Å²) in [6.07, 6.45) is 11.3. The number of rotatable bonds is 15. The number of hydrogen-bond acceptors (Lipinski definition) is 3. The van der Waals surface area contributed by atoms with Crippen molar-refractivity contribution in [2.45, 2.75) is 71.6 Å². The minimum atomic E-state index is -0.346. The molecule has 0 aromatic carbocycles. The van der Waals surface area contributed by atoms with Gasteiger partial charge in [-0.15, -0.1) is 0 Å². The Morgan fingerprint density at radius 1 is 0.864 bits per heavy atom. The van der Waals surface area contributed by atoms with E-state index in [0.717, 1.165) is 18.4 Å². The van der Waals surface area contributed by atoms with Gasteiger partial charge in [0.25, 0.3) is 0 Å². The first kappa shape index (κ1) is 20.9. The van der Waals surface area contributed by atoms with Gasteiger partial charge in [0.15, 0.2) is 0 Å². The van der Waals surface area contributed by atoms with E-state index in [1.54, 1.807) is 0 Å². The highest BCUT2D eigenvalue weighted by molar-refractivity contribution is 5.87. The molecule has 0 spiro atoms. The highest BCUT2D eigenvalue weighted by Crippen LogP contribution is 2.09. The molecule has 0 saturated carbocycles. The lowest BCUT2D eigenvalue weighted by atomic mass is 10.1. The molecule has 0 bridgehead atoms. The molecular weight excluding hydrogens is 276 g/mol. The fourth-order valence-corrected chi connectivity index (χ4v) is 2.09. The molecule has 0 fully saturated rings. The average molecular weight is 310 g/mol. The first-order chi connectivity index (χ1) is 10.6. The van der Waals surface area contributed by atoms with Crippen LogP contribution in [0.15, 0.2) is 24.3 Å². The van der Waals surface area contributed by atoms with Crippen LogP contribution in [0.3, 0.4) is 0 Å². The molecular formula is C19H34O3. The van der Waals surface area contributed by atoms with Crippen LogP contribution in [0, 0.1) is 0 Å². The third-order valence-electron chi connectivity index (χ3n) is 3.39. The van der Waals surface area contributed by atoms with Crippen molar-refractivity contribution in [1.29, 1.82) is 0 Å². The van der Waals surface area contributed by atoms with Crippen molar-refractivity contribution in [1.82, 2.24) is 0 Å². The van der Waals surface area contributed by atoms with Crippen LogP contribution in [0.2, 0.25) is 0 Å². The van der Waals surface area contributed by atoms with Crippen LogP contribution >= 0.6 is 0 Å². The van der Waals surface area contributed by atoms with Crippen LogP contribution in [0.25, 0.3) is 0 Å². The minimum absolute atomic E-state index is 0.212. The van der Waals surface area contributed by atoms with E-state index in [0.29, 0.717) is 18.8 Å². The van der Waals surface area contributed by atoms with E-state index < -0.39 is 0 Å². The van der Waals surface area contributed by atoms with Crippen LogP contribution in [0.5, 0.6) is 0 Å². The summed E-state index contributed by atoms with van der Waals surface area (Å²) in [5.41, 5.74) is 1.30. The summed E-state index contributed by atoms with van der Waals surface area (Å²) in [5.74, 6) is -0.346. The van der Waals surface area contributed by atoms with Gasteiger partial charge in [0.1, 0.15) is 0 Å². The zero-order chi connectivity index (χ0) is 16.6. The Morgan fingerprint density at radius 3 is 1.95 bits per heavy atom. The molecule has 0 atom stereocenters. The molecule has 0 saturated heterocycles. The zero-order valence-corrected chi connectivity index (χ0v) is 14.6. The van der Waals surface area contributed by atoms with E-state index in [1.807, 2.05) is 6.92 Å². The molecule has 0 aliphatic rings. The molecule has 0 rings (SSSR count). The Balaban J connectivity index is 3.37. The van der Waals surface area contributed by atoms with Crippen molar-refractivity contribution >= 4 is 5.97 Å². The second-order valence-corrected chi connectivity index (χ2v) is 6.02. The maximum Gasteiger partial charge on any atom is 0.335 e. The number of unbranched alkanes of at least 4 members (excludes halogenated alkanes) is 8. The van der Waals surface area contributed by atoms with Crippen molar-refractivity contribution in [2.75, 3.05) is 19.8 Å². The molecule has 0 aliphatic heterocycles. The maximum absolute atomic E-state index is 11.6. The van der Waals surface area contributed by atoms with Gasteiger partial charge in [-0.1, -0.05) is 77.0 Å². The molecule has 3 heteroatoms. The molecule has 0 amide bonds. The third kappa shape index (κ3) is 13.9.